The SMILES string of the molecule is COc1cc(OC)cc(-c2ncc(Cl)s2)c1. The standard InChI is InChI=1S/C11H10ClNO2S/c1-14-8-3-7(4-9(5-8)15-2)11-13-6-10(12)16-11/h3-6H,1-2H3. The number of ether oxygens (including phenoxy) is 2. The van der Waals surface area contributed by atoms with Gasteiger partial charge in [-0.25, -0.2) is 4.98 Å². The summed E-state index contributed by atoms with van der Waals surface area (Å²) in [5, 5.41) is 0.849. The molecule has 1 aromatic heterocycles. The lowest BCUT2D eigenvalue weighted by Crippen LogP contribution is -1.88. The number of halogens is 1. The summed E-state index contributed by atoms with van der Waals surface area (Å²) in [5.41, 5.74) is 0.938. The van der Waals surface area contributed by atoms with E-state index in [9.17, 15) is 0 Å². The second kappa shape index (κ2) is 4.72. The fourth-order valence-corrected chi connectivity index (χ4v) is 2.22. The predicted molar refractivity (Wildman–Crippen MR) is 65.7 cm³/mol. The van der Waals surface area contributed by atoms with Crippen molar-refractivity contribution < 1.29 is 9.47 Å². The van der Waals surface area contributed by atoms with Crippen LogP contribution in [0, 0.1) is 0 Å². The van der Waals surface area contributed by atoms with Gasteiger partial charge in [-0.15, -0.1) is 11.3 Å². The zero-order valence-electron chi connectivity index (χ0n) is 8.86. The molecule has 0 spiro atoms. The molecule has 84 valence electrons. The van der Waals surface area contributed by atoms with Crippen LogP contribution < -0.4 is 9.47 Å². The lowest BCUT2D eigenvalue weighted by Gasteiger charge is -2.06. The normalized spacial score (nSPS) is 10.2. The maximum Gasteiger partial charge on any atom is 0.125 e. The molecule has 1 aromatic carbocycles. The molecule has 5 heteroatoms. The van der Waals surface area contributed by atoms with Crippen molar-refractivity contribution in [2.45, 2.75) is 0 Å². The number of rotatable bonds is 3. The molecule has 0 aliphatic carbocycles. The molecule has 0 saturated carbocycles. The largest absolute Gasteiger partial charge is 0.497 e. The van der Waals surface area contributed by atoms with Gasteiger partial charge < -0.3 is 9.47 Å². The third kappa shape index (κ3) is 2.28. The van der Waals surface area contributed by atoms with Crippen molar-refractivity contribution in [3.05, 3.63) is 28.7 Å². The monoisotopic (exact) mass is 255 g/mol. The van der Waals surface area contributed by atoms with Crippen molar-refractivity contribution in [3.63, 3.8) is 0 Å². The fourth-order valence-electron chi connectivity index (χ4n) is 1.32. The average Bonchev–Trinajstić information content (AvgIpc) is 2.75. The van der Waals surface area contributed by atoms with Gasteiger partial charge in [0.15, 0.2) is 0 Å². The Morgan fingerprint density at radius 2 is 1.75 bits per heavy atom. The van der Waals surface area contributed by atoms with E-state index in [0.29, 0.717) is 4.34 Å². The van der Waals surface area contributed by atoms with Gasteiger partial charge >= 0.3 is 0 Å². The topological polar surface area (TPSA) is 31.4 Å². The summed E-state index contributed by atoms with van der Waals surface area (Å²) >= 11 is 7.27. The van der Waals surface area contributed by atoms with Crippen molar-refractivity contribution >= 4 is 22.9 Å². The van der Waals surface area contributed by atoms with E-state index in [4.69, 9.17) is 21.1 Å². The quantitative estimate of drug-likeness (QED) is 0.841. The molecule has 0 bridgehead atoms. The van der Waals surface area contributed by atoms with Crippen LogP contribution in [-0.2, 0) is 0 Å². The first-order valence-electron chi connectivity index (χ1n) is 4.57. The number of nitrogens with zero attached hydrogens (tertiary/aromatic N) is 1. The summed E-state index contributed by atoms with van der Waals surface area (Å²) in [6, 6.07) is 5.62. The Balaban J connectivity index is 2.47. The lowest BCUT2D eigenvalue weighted by molar-refractivity contribution is 0.394. The molecule has 0 fully saturated rings. The maximum absolute atomic E-state index is 5.85. The average molecular weight is 256 g/mol. The van der Waals surface area contributed by atoms with Crippen LogP contribution in [0.15, 0.2) is 24.4 Å². The van der Waals surface area contributed by atoms with Crippen LogP contribution in [0.4, 0.5) is 0 Å². The van der Waals surface area contributed by atoms with Gasteiger partial charge in [-0.05, 0) is 12.1 Å². The molecule has 3 nitrogen and oxygen atoms in total. The number of thiazole rings is 1. The molecule has 0 atom stereocenters. The summed E-state index contributed by atoms with van der Waals surface area (Å²) in [6.45, 7) is 0. The van der Waals surface area contributed by atoms with Gasteiger partial charge in [0.05, 0.1) is 20.4 Å². The van der Waals surface area contributed by atoms with Gasteiger partial charge in [-0.1, -0.05) is 11.6 Å². The molecule has 0 aliphatic heterocycles. The van der Waals surface area contributed by atoms with Crippen molar-refractivity contribution in [1.29, 1.82) is 0 Å². The van der Waals surface area contributed by atoms with E-state index in [-0.39, 0.29) is 0 Å². The summed E-state index contributed by atoms with van der Waals surface area (Å²) in [7, 11) is 3.24. The number of benzene rings is 1. The van der Waals surface area contributed by atoms with Crippen molar-refractivity contribution in [1.82, 2.24) is 4.98 Å². The van der Waals surface area contributed by atoms with E-state index in [1.54, 1.807) is 20.4 Å². The minimum absolute atomic E-state index is 0.664. The Morgan fingerprint density at radius 1 is 1.12 bits per heavy atom. The molecule has 2 aromatic rings. The van der Waals surface area contributed by atoms with E-state index < -0.39 is 0 Å². The second-order valence-corrected chi connectivity index (χ2v) is 4.73. The number of hydrogen-bond donors (Lipinski definition) is 0. The molecule has 0 aliphatic rings. The summed E-state index contributed by atoms with van der Waals surface area (Å²) in [4.78, 5) is 4.21. The third-order valence-corrected chi connectivity index (χ3v) is 3.24. The summed E-state index contributed by atoms with van der Waals surface area (Å²) in [5.74, 6) is 1.47. The summed E-state index contributed by atoms with van der Waals surface area (Å²) < 4.78 is 11.0. The molecule has 16 heavy (non-hydrogen) atoms. The Bertz CT molecular complexity index is 476. The highest BCUT2D eigenvalue weighted by molar-refractivity contribution is 7.18. The molecule has 1 heterocycles. The first-order valence-corrected chi connectivity index (χ1v) is 5.77. The van der Waals surface area contributed by atoms with Crippen LogP contribution in [0.3, 0.4) is 0 Å². The molecule has 0 saturated heterocycles. The maximum atomic E-state index is 5.85. The Morgan fingerprint density at radius 3 is 2.19 bits per heavy atom. The first kappa shape index (κ1) is 11.2. The fraction of sp³-hybridized carbons (Fsp3) is 0.182. The minimum Gasteiger partial charge on any atom is -0.497 e. The highest BCUT2D eigenvalue weighted by atomic mass is 35.5. The molecule has 2 rings (SSSR count). The predicted octanol–water partition coefficient (Wildman–Crippen LogP) is 3.48. The third-order valence-electron chi connectivity index (χ3n) is 2.08. The Labute approximate surface area is 103 Å². The first-order chi connectivity index (χ1) is 7.72. The smallest absolute Gasteiger partial charge is 0.125 e. The van der Waals surface area contributed by atoms with Gasteiger partial charge in [0.25, 0.3) is 0 Å². The molecule has 0 amide bonds. The zero-order chi connectivity index (χ0) is 11.5. The zero-order valence-corrected chi connectivity index (χ0v) is 10.4. The number of aromatic nitrogens is 1. The minimum atomic E-state index is 0.664. The van der Waals surface area contributed by atoms with E-state index in [1.165, 1.54) is 11.3 Å². The van der Waals surface area contributed by atoms with E-state index in [1.807, 2.05) is 18.2 Å². The molecular formula is C11H10ClNO2S. The van der Waals surface area contributed by atoms with Crippen LogP contribution in [0.25, 0.3) is 10.6 Å². The van der Waals surface area contributed by atoms with Crippen molar-refractivity contribution in [3.8, 4) is 22.1 Å². The van der Waals surface area contributed by atoms with Crippen LogP contribution >= 0.6 is 22.9 Å². The van der Waals surface area contributed by atoms with Gasteiger partial charge in [0, 0.05) is 11.6 Å². The highest BCUT2D eigenvalue weighted by Crippen LogP contribution is 2.33. The summed E-state index contributed by atoms with van der Waals surface area (Å²) in [6.07, 6.45) is 1.63. The van der Waals surface area contributed by atoms with Crippen LogP contribution in [0.2, 0.25) is 4.34 Å². The van der Waals surface area contributed by atoms with Gasteiger partial charge in [-0.3, -0.25) is 0 Å². The Kier molecular flexibility index (Phi) is 3.31. The van der Waals surface area contributed by atoms with Crippen molar-refractivity contribution in [2.24, 2.45) is 0 Å². The van der Waals surface area contributed by atoms with Gasteiger partial charge in [0.1, 0.15) is 20.8 Å². The van der Waals surface area contributed by atoms with Gasteiger partial charge in [0.2, 0.25) is 0 Å². The molecule has 0 unspecified atom stereocenters. The molecule has 0 radical (unpaired) electrons. The van der Waals surface area contributed by atoms with Crippen LogP contribution in [-0.4, -0.2) is 19.2 Å². The van der Waals surface area contributed by atoms with E-state index in [2.05, 4.69) is 4.98 Å². The van der Waals surface area contributed by atoms with Gasteiger partial charge in [-0.2, -0.15) is 0 Å². The van der Waals surface area contributed by atoms with Crippen molar-refractivity contribution in [2.75, 3.05) is 14.2 Å². The Hall–Kier alpha value is -1.26. The number of methoxy groups -OCH3 is 2. The van der Waals surface area contributed by atoms with E-state index >= 15 is 0 Å². The van der Waals surface area contributed by atoms with Crippen LogP contribution in [0.5, 0.6) is 11.5 Å². The molecular weight excluding hydrogens is 246 g/mol. The van der Waals surface area contributed by atoms with E-state index in [0.717, 1.165) is 22.1 Å². The highest BCUT2D eigenvalue weighted by Gasteiger charge is 2.07. The molecule has 0 N–H and O–H groups in total. The lowest BCUT2D eigenvalue weighted by atomic mass is 10.2. The number of hydrogen-bond acceptors (Lipinski definition) is 4. The second-order valence-electron chi connectivity index (χ2n) is 3.07. The van der Waals surface area contributed by atoms with Crippen LogP contribution in [0.1, 0.15) is 0 Å².